The number of hydrogen-bond acceptors (Lipinski definition) is 2. The van der Waals surface area contributed by atoms with Gasteiger partial charge in [0.15, 0.2) is 11.4 Å². The van der Waals surface area contributed by atoms with Gasteiger partial charge in [-0.25, -0.2) is 4.39 Å². The molecule has 2 unspecified atom stereocenters. The van der Waals surface area contributed by atoms with Crippen molar-refractivity contribution in [3.05, 3.63) is 35.8 Å². The first kappa shape index (κ1) is 10.8. The third-order valence-electron chi connectivity index (χ3n) is 3.81. The average Bonchev–Trinajstić information content (AvgIpc) is 2.85. The van der Waals surface area contributed by atoms with E-state index in [0.29, 0.717) is 12.0 Å². The molecule has 1 aromatic carbocycles. The Labute approximate surface area is 99.1 Å². The molecule has 1 aliphatic carbocycles. The Hall–Kier alpha value is -1.35. The van der Waals surface area contributed by atoms with E-state index in [1.165, 1.54) is 6.07 Å². The molecule has 0 radical (unpaired) electrons. The molecule has 0 saturated heterocycles. The average molecular weight is 234 g/mol. The highest BCUT2D eigenvalue weighted by Gasteiger charge is 2.38. The SMILES string of the molecule is CC1(c2cc3cccc(F)c3o2)CCC(O)C1. The summed E-state index contributed by atoms with van der Waals surface area (Å²) in [6.45, 7) is 2.07. The molecule has 3 rings (SSSR count). The van der Waals surface area contributed by atoms with E-state index >= 15 is 0 Å². The zero-order chi connectivity index (χ0) is 12.0. The monoisotopic (exact) mass is 234 g/mol. The number of rotatable bonds is 1. The smallest absolute Gasteiger partial charge is 0.169 e. The molecular weight excluding hydrogens is 219 g/mol. The minimum Gasteiger partial charge on any atom is -0.457 e. The van der Waals surface area contributed by atoms with E-state index in [1.807, 2.05) is 12.1 Å². The summed E-state index contributed by atoms with van der Waals surface area (Å²) >= 11 is 0. The summed E-state index contributed by atoms with van der Waals surface area (Å²) in [7, 11) is 0. The van der Waals surface area contributed by atoms with E-state index in [0.717, 1.165) is 24.0 Å². The van der Waals surface area contributed by atoms with Crippen molar-refractivity contribution < 1.29 is 13.9 Å². The number of para-hydroxylation sites is 1. The molecule has 0 bridgehead atoms. The maximum Gasteiger partial charge on any atom is 0.169 e. The molecule has 2 aromatic rings. The lowest BCUT2D eigenvalue weighted by molar-refractivity contribution is 0.172. The van der Waals surface area contributed by atoms with Crippen molar-refractivity contribution in [1.82, 2.24) is 0 Å². The first-order valence-corrected chi connectivity index (χ1v) is 5.95. The summed E-state index contributed by atoms with van der Waals surface area (Å²) in [4.78, 5) is 0. The lowest BCUT2D eigenvalue weighted by atomic mass is 9.86. The highest BCUT2D eigenvalue weighted by atomic mass is 19.1. The van der Waals surface area contributed by atoms with E-state index in [4.69, 9.17) is 4.42 Å². The molecule has 1 saturated carbocycles. The lowest BCUT2D eigenvalue weighted by Gasteiger charge is -2.20. The van der Waals surface area contributed by atoms with Gasteiger partial charge in [0.05, 0.1) is 6.10 Å². The fourth-order valence-corrected chi connectivity index (χ4v) is 2.76. The second kappa shape index (κ2) is 3.57. The summed E-state index contributed by atoms with van der Waals surface area (Å²) in [5.74, 6) is 0.463. The van der Waals surface area contributed by atoms with Crippen molar-refractivity contribution in [3.8, 4) is 0 Å². The number of aliphatic hydroxyl groups excluding tert-OH is 1. The summed E-state index contributed by atoms with van der Waals surface area (Å²) in [5.41, 5.74) is 0.162. The van der Waals surface area contributed by atoms with Gasteiger partial charge in [-0.2, -0.15) is 0 Å². The summed E-state index contributed by atoms with van der Waals surface area (Å²) in [6, 6.07) is 6.83. The zero-order valence-corrected chi connectivity index (χ0v) is 9.74. The molecule has 0 aliphatic heterocycles. The second-order valence-electron chi connectivity index (χ2n) is 5.23. The zero-order valence-electron chi connectivity index (χ0n) is 9.74. The minimum atomic E-state index is -0.323. The van der Waals surface area contributed by atoms with Crippen LogP contribution in [0.3, 0.4) is 0 Å². The van der Waals surface area contributed by atoms with Gasteiger partial charge in [-0.05, 0) is 31.4 Å². The van der Waals surface area contributed by atoms with Crippen molar-refractivity contribution in [2.45, 2.75) is 37.7 Å². The Balaban J connectivity index is 2.10. The Bertz CT molecular complexity index is 560. The van der Waals surface area contributed by atoms with E-state index in [2.05, 4.69) is 6.92 Å². The molecule has 1 N–H and O–H groups in total. The highest BCUT2D eigenvalue weighted by Crippen LogP contribution is 2.42. The topological polar surface area (TPSA) is 33.4 Å². The van der Waals surface area contributed by atoms with Crippen LogP contribution in [0.4, 0.5) is 4.39 Å². The van der Waals surface area contributed by atoms with Gasteiger partial charge < -0.3 is 9.52 Å². The van der Waals surface area contributed by atoms with Crippen molar-refractivity contribution in [1.29, 1.82) is 0 Å². The summed E-state index contributed by atoms with van der Waals surface area (Å²) in [5, 5.41) is 10.4. The number of hydrogen-bond donors (Lipinski definition) is 1. The van der Waals surface area contributed by atoms with Crippen LogP contribution in [0.25, 0.3) is 11.0 Å². The molecule has 2 nitrogen and oxygen atoms in total. The van der Waals surface area contributed by atoms with Crippen molar-refractivity contribution in [2.75, 3.05) is 0 Å². The number of furan rings is 1. The fraction of sp³-hybridized carbons (Fsp3) is 0.429. The molecule has 3 heteroatoms. The molecule has 90 valence electrons. The Morgan fingerprint density at radius 1 is 1.47 bits per heavy atom. The standard InChI is InChI=1S/C14H15FO2/c1-14(6-5-10(16)8-14)12-7-9-3-2-4-11(15)13(9)17-12/h2-4,7,10,16H,5-6,8H2,1H3. The summed E-state index contributed by atoms with van der Waals surface area (Å²) in [6.07, 6.45) is 2.10. The van der Waals surface area contributed by atoms with Crippen LogP contribution in [-0.4, -0.2) is 11.2 Å². The van der Waals surface area contributed by atoms with Gasteiger partial charge >= 0.3 is 0 Å². The number of halogens is 1. The van der Waals surface area contributed by atoms with E-state index < -0.39 is 0 Å². The van der Waals surface area contributed by atoms with Crippen LogP contribution in [0.2, 0.25) is 0 Å². The molecule has 0 amide bonds. The van der Waals surface area contributed by atoms with Gasteiger partial charge in [-0.15, -0.1) is 0 Å². The third kappa shape index (κ3) is 1.65. The van der Waals surface area contributed by atoms with Crippen molar-refractivity contribution in [3.63, 3.8) is 0 Å². The predicted molar refractivity (Wildman–Crippen MR) is 63.4 cm³/mol. The molecule has 1 aromatic heterocycles. The lowest BCUT2D eigenvalue weighted by Crippen LogP contribution is -2.17. The second-order valence-corrected chi connectivity index (χ2v) is 5.23. The van der Waals surface area contributed by atoms with E-state index in [9.17, 15) is 9.50 Å². The van der Waals surface area contributed by atoms with Gasteiger partial charge in [-0.1, -0.05) is 19.1 Å². The highest BCUT2D eigenvalue weighted by molar-refractivity contribution is 5.78. The number of fused-ring (bicyclic) bond motifs is 1. The van der Waals surface area contributed by atoms with Crippen molar-refractivity contribution in [2.24, 2.45) is 0 Å². The number of aliphatic hydroxyl groups is 1. The maximum atomic E-state index is 13.5. The fourth-order valence-electron chi connectivity index (χ4n) is 2.76. The largest absolute Gasteiger partial charge is 0.457 e. The minimum absolute atomic E-state index is 0.162. The molecule has 0 spiro atoms. The normalized spacial score (nSPS) is 29.0. The van der Waals surface area contributed by atoms with Gasteiger partial charge in [0.2, 0.25) is 0 Å². The van der Waals surface area contributed by atoms with Crippen LogP contribution < -0.4 is 0 Å². The molecular formula is C14H15FO2. The Kier molecular flexibility index (Phi) is 2.26. The molecule has 17 heavy (non-hydrogen) atoms. The van der Waals surface area contributed by atoms with Crippen LogP contribution in [0, 0.1) is 5.82 Å². The van der Waals surface area contributed by atoms with Gasteiger partial charge in [0.1, 0.15) is 5.76 Å². The first-order chi connectivity index (χ1) is 8.08. The van der Waals surface area contributed by atoms with Crippen LogP contribution in [0.1, 0.15) is 31.9 Å². The van der Waals surface area contributed by atoms with Crippen LogP contribution >= 0.6 is 0 Å². The molecule has 1 aliphatic rings. The molecule has 1 heterocycles. The quantitative estimate of drug-likeness (QED) is 0.820. The summed E-state index contributed by atoms with van der Waals surface area (Å²) < 4.78 is 19.2. The van der Waals surface area contributed by atoms with Crippen molar-refractivity contribution >= 4 is 11.0 Å². The van der Waals surface area contributed by atoms with E-state index in [1.54, 1.807) is 6.07 Å². The maximum absolute atomic E-state index is 13.5. The van der Waals surface area contributed by atoms with E-state index in [-0.39, 0.29) is 17.3 Å². The van der Waals surface area contributed by atoms with Crippen LogP contribution in [0.15, 0.2) is 28.7 Å². The third-order valence-corrected chi connectivity index (χ3v) is 3.81. The van der Waals surface area contributed by atoms with Crippen LogP contribution in [0.5, 0.6) is 0 Å². The molecule has 1 fully saturated rings. The Morgan fingerprint density at radius 3 is 2.94 bits per heavy atom. The van der Waals surface area contributed by atoms with Gasteiger partial charge in [0.25, 0.3) is 0 Å². The van der Waals surface area contributed by atoms with Gasteiger partial charge in [-0.3, -0.25) is 0 Å². The Morgan fingerprint density at radius 2 is 2.29 bits per heavy atom. The number of benzene rings is 1. The predicted octanol–water partition coefficient (Wildman–Crippen LogP) is 3.37. The first-order valence-electron chi connectivity index (χ1n) is 5.95. The molecule has 2 atom stereocenters. The van der Waals surface area contributed by atoms with Gasteiger partial charge in [0, 0.05) is 10.8 Å². The van der Waals surface area contributed by atoms with Crippen LogP contribution in [-0.2, 0) is 5.41 Å².